The van der Waals surface area contributed by atoms with Crippen LogP contribution in [0.15, 0.2) is 66.7 Å². The Hall–Kier alpha value is -2.96. The summed E-state index contributed by atoms with van der Waals surface area (Å²) >= 11 is 0. The maximum absolute atomic E-state index is 10.2. The Morgan fingerprint density at radius 1 is 0.963 bits per heavy atom. The smallest absolute Gasteiger partial charge is 0.335 e. The summed E-state index contributed by atoms with van der Waals surface area (Å²) in [4.78, 5) is 20.3. The van der Waals surface area contributed by atoms with Gasteiger partial charge in [0.15, 0.2) is 0 Å². The fourth-order valence-electron chi connectivity index (χ4n) is 1.67. The number of carboxylic acids is 2. The molecule has 0 aromatic heterocycles. The summed E-state index contributed by atoms with van der Waals surface area (Å²) in [6, 6.07) is 17.6. The topological polar surface area (TPSA) is 115 Å². The zero-order valence-corrected chi connectivity index (χ0v) is 15.2. The maximum Gasteiger partial charge on any atom is 0.335 e. The van der Waals surface area contributed by atoms with Crippen molar-refractivity contribution in [2.24, 2.45) is 0 Å². The fraction of sp³-hybridized carbons (Fsp3) is 0.238. The van der Waals surface area contributed by atoms with E-state index < -0.39 is 11.9 Å². The van der Waals surface area contributed by atoms with Gasteiger partial charge in [0.1, 0.15) is 0 Å². The quantitative estimate of drug-likeness (QED) is 0.577. The summed E-state index contributed by atoms with van der Waals surface area (Å²) in [7, 11) is 0. The van der Waals surface area contributed by atoms with Crippen molar-refractivity contribution < 1.29 is 30.0 Å². The molecule has 0 heterocycles. The van der Waals surface area contributed by atoms with Gasteiger partial charge in [-0.05, 0) is 36.6 Å². The van der Waals surface area contributed by atoms with Crippen LogP contribution in [0.25, 0.3) is 6.08 Å². The molecule has 2 rings (SSSR count). The zero-order valence-electron chi connectivity index (χ0n) is 15.2. The van der Waals surface area contributed by atoms with Crippen LogP contribution in [-0.4, -0.2) is 45.1 Å². The number of carboxylic acid groups (broad SMARTS) is 2. The van der Waals surface area contributed by atoms with Crippen molar-refractivity contribution in [1.82, 2.24) is 0 Å². The Kier molecular flexibility index (Phi) is 13.6. The highest BCUT2D eigenvalue weighted by Crippen LogP contribution is 2.00. The van der Waals surface area contributed by atoms with Gasteiger partial charge in [0.2, 0.25) is 0 Å². The Morgan fingerprint density at radius 3 is 1.81 bits per heavy atom. The average Bonchev–Trinajstić information content (AvgIpc) is 2.69. The van der Waals surface area contributed by atoms with E-state index in [2.05, 4.69) is 0 Å². The first-order chi connectivity index (χ1) is 12.9. The van der Waals surface area contributed by atoms with E-state index in [1.807, 2.05) is 37.3 Å². The number of hydrogen-bond acceptors (Lipinski definition) is 4. The van der Waals surface area contributed by atoms with Crippen LogP contribution in [0.2, 0.25) is 0 Å². The fourth-order valence-corrected chi connectivity index (χ4v) is 1.67. The van der Waals surface area contributed by atoms with Crippen molar-refractivity contribution in [1.29, 1.82) is 0 Å². The van der Waals surface area contributed by atoms with Gasteiger partial charge in [0, 0.05) is 12.7 Å². The van der Waals surface area contributed by atoms with Gasteiger partial charge in [-0.25, -0.2) is 9.59 Å². The van der Waals surface area contributed by atoms with Gasteiger partial charge < -0.3 is 20.4 Å². The molecule has 2 aromatic carbocycles. The second-order valence-corrected chi connectivity index (χ2v) is 5.33. The first-order valence-electron chi connectivity index (χ1n) is 8.44. The second kappa shape index (κ2) is 15.3. The van der Waals surface area contributed by atoms with Crippen LogP contribution < -0.4 is 0 Å². The highest BCUT2D eigenvalue weighted by molar-refractivity contribution is 5.87. The summed E-state index contributed by atoms with van der Waals surface area (Å²) in [6.45, 7) is 1.98. The molecule has 4 N–H and O–H groups in total. The van der Waals surface area contributed by atoms with Crippen LogP contribution in [0.1, 0.15) is 35.7 Å². The number of aliphatic carboxylic acids is 1. The predicted octanol–water partition coefficient (Wildman–Crippen LogP) is 3.31. The number of carbonyl (C=O) groups is 2. The van der Waals surface area contributed by atoms with Crippen molar-refractivity contribution in [3.05, 3.63) is 77.9 Å². The molecule has 0 spiro atoms. The minimum Gasteiger partial charge on any atom is -0.478 e. The number of hydrogen-bond donors (Lipinski definition) is 4. The summed E-state index contributed by atoms with van der Waals surface area (Å²) in [5.41, 5.74) is 1.23. The van der Waals surface area contributed by atoms with Crippen molar-refractivity contribution in [2.45, 2.75) is 25.9 Å². The van der Waals surface area contributed by atoms with Gasteiger partial charge in [-0.2, -0.15) is 0 Å². The molecule has 0 saturated carbocycles. The van der Waals surface area contributed by atoms with Crippen LogP contribution in [0.5, 0.6) is 0 Å². The van der Waals surface area contributed by atoms with Crippen LogP contribution in [0, 0.1) is 0 Å². The van der Waals surface area contributed by atoms with E-state index >= 15 is 0 Å². The molecule has 2 aromatic rings. The average molecular weight is 374 g/mol. The predicted molar refractivity (Wildman–Crippen MR) is 105 cm³/mol. The van der Waals surface area contributed by atoms with Crippen LogP contribution in [-0.2, 0) is 4.79 Å². The summed E-state index contributed by atoms with van der Waals surface area (Å²) in [6.07, 6.45) is 3.62. The molecule has 0 aliphatic heterocycles. The monoisotopic (exact) mass is 374 g/mol. The first kappa shape index (κ1) is 24.0. The molecule has 6 heteroatoms. The molecule has 0 amide bonds. The molecule has 146 valence electrons. The lowest BCUT2D eigenvalue weighted by atomic mass is 10.2. The Bertz CT molecular complexity index is 668. The Labute approximate surface area is 159 Å². The highest BCUT2D eigenvalue weighted by Gasteiger charge is 1.96. The molecule has 0 fully saturated rings. The Balaban J connectivity index is 0.000000387. The van der Waals surface area contributed by atoms with Crippen LogP contribution >= 0.6 is 0 Å². The molecule has 0 saturated heterocycles. The van der Waals surface area contributed by atoms with E-state index in [4.69, 9.17) is 20.4 Å². The van der Waals surface area contributed by atoms with Gasteiger partial charge in [-0.3, -0.25) is 0 Å². The lowest BCUT2D eigenvalue weighted by Gasteiger charge is -2.01. The van der Waals surface area contributed by atoms with Crippen molar-refractivity contribution in [2.75, 3.05) is 6.61 Å². The standard InChI is InChI=1S/C9H8O2.C7H6O2.C5H12O2/c10-9(11)7-6-8-4-2-1-3-5-8;8-7(9)6-4-2-1-3-5-6;1-2-5(7)3-4-6/h1-7H,(H,10,11);1-5H,(H,8,9);5-7H,2-4H2,1H3. The lowest BCUT2D eigenvalue weighted by molar-refractivity contribution is -0.131. The SMILES string of the molecule is CCC(O)CCO.O=C(O)C=Cc1ccccc1.O=C(O)c1ccccc1. The van der Waals surface area contributed by atoms with E-state index in [1.54, 1.807) is 36.4 Å². The normalized spacial score (nSPS) is 10.8. The lowest BCUT2D eigenvalue weighted by Crippen LogP contribution is -2.05. The van der Waals surface area contributed by atoms with Gasteiger partial charge in [-0.1, -0.05) is 55.5 Å². The minimum atomic E-state index is -0.922. The van der Waals surface area contributed by atoms with Crippen molar-refractivity contribution in [3.8, 4) is 0 Å². The number of aromatic carboxylic acids is 1. The third-order valence-corrected chi connectivity index (χ3v) is 3.17. The second-order valence-electron chi connectivity index (χ2n) is 5.33. The number of rotatable bonds is 6. The third-order valence-electron chi connectivity index (χ3n) is 3.17. The van der Waals surface area contributed by atoms with E-state index in [-0.39, 0.29) is 12.7 Å². The van der Waals surface area contributed by atoms with E-state index in [0.29, 0.717) is 12.0 Å². The number of aliphatic hydroxyl groups is 2. The zero-order chi connectivity index (χ0) is 20.5. The molecule has 0 radical (unpaired) electrons. The maximum atomic E-state index is 10.2. The largest absolute Gasteiger partial charge is 0.478 e. The molecule has 0 bridgehead atoms. The number of benzene rings is 2. The summed E-state index contributed by atoms with van der Waals surface area (Å²) < 4.78 is 0. The summed E-state index contributed by atoms with van der Waals surface area (Å²) in [5, 5.41) is 33.6. The molecule has 0 aliphatic rings. The third kappa shape index (κ3) is 13.9. The molecular formula is C21H26O6. The van der Waals surface area contributed by atoms with Crippen LogP contribution in [0.4, 0.5) is 0 Å². The summed E-state index contributed by atoms with van der Waals surface area (Å²) in [5.74, 6) is -1.80. The van der Waals surface area contributed by atoms with Gasteiger partial charge in [0.05, 0.1) is 11.7 Å². The first-order valence-corrected chi connectivity index (χ1v) is 8.44. The van der Waals surface area contributed by atoms with Gasteiger partial charge in [-0.15, -0.1) is 0 Å². The van der Waals surface area contributed by atoms with E-state index in [1.165, 1.54) is 0 Å². The molecule has 1 atom stereocenters. The van der Waals surface area contributed by atoms with Crippen molar-refractivity contribution in [3.63, 3.8) is 0 Å². The molecular weight excluding hydrogens is 348 g/mol. The Morgan fingerprint density at radius 2 is 1.48 bits per heavy atom. The molecule has 6 nitrogen and oxygen atoms in total. The highest BCUT2D eigenvalue weighted by atomic mass is 16.4. The van der Waals surface area contributed by atoms with Crippen LogP contribution in [0.3, 0.4) is 0 Å². The molecule has 27 heavy (non-hydrogen) atoms. The van der Waals surface area contributed by atoms with E-state index in [9.17, 15) is 9.59 Å². The number of aliphatic hydroxyl groups excluding tert-OH is 2. The van der Waals surface area contributed by atoms with Gasteiger partial charge >= 0.3 is 11.9 Å². The molecule has 0 aliphatic carbocycles. The molecule has 1 unspecified atom stereocenters. The van der Waals surface area contributed by atoms with Gasteiger partial charge in [0.25, 0.3) is 0 Å². The van der Waals surface area contributed by atoms with Crippen molar-refractivity contribution >= 4 is 18.0 Å². The van der Waals surface area contributed by atoms with E-state index in [0.717, 1.165) is 18.1 Å². The minimum absolute atomic E-state index is 0.0923.